The minimum Gasteiger partial charge on any atom is -0.399 e. The van der Waals surface area contributed by atoms with E-state index in [4.69, 9.17) is 5.73 Å². The summed E-state index contributed by atoms with van der Waals surface area (Å²) in [6, 6.07) is 5.70. The molecular formula is C12H14N6S. The second-order valence-corrected chi connectivity index (χ2v) is 5.35. The van der Waals surface area contributed by atoms with Crippen LogP contribution in [0.2, 0.25) is 0 Å². The molecule has 0 aliphatic carbocycles. The normalized spacial score (nSPS) is 11.2. The predicted molar refractivity (Wildman–Crippen MR) is 75.9 cm³/mol. The van der Waals surface area contributed by atoms with Gasteiger partial charge in [-0.05, 0) is 18.2 Å². The van der Waals surface area contributed by atoms with E-state index < -0.39 is 0 Å². The Morgan fingerprint density at radius 3 is 3.11 bits per heavy atom. The van der Waals surface area contributed by atoms with Crippen LogP contribution >= 0.6 is 11.8 Å². The number of thioether (sulfide) groups is 1. The molecule has 98 valence electrons. The summed E-state index contributed by atoms with van der Waals surface area (Å²) in [7, 11) is 1.94. The number of nitrogen functional groups attached to an aromatic ring is 1. The molecule has 7 heteroatoms. The molecule has 0 saturated carbocycles. The SMILES string of the molecule is Cn1cnnc1SCCc1nc2ccc(N)cc2[nH]1. The third-order valence-corrected chi connectivity index (χ3v) is 3.83. The van der Waals surface area contributed by atoms with Gasteiger partial charge in [0.15, 0.2) is 5.16 Å². The van der Waals surface area contributed by atoms with Crippen molar-refractivity contribution < 1.29 is 0 Å². The Labute approximate surface area is 114 Å². The highest BCUT2D eigenvalue weighted by Gasteiger charge is 2.05. The number of aryl methyl sites for hydroxylation is 2. The standard InChI is InChI=1S/C12H14N6S/c1-18-7-14-17-12(18)19-5-4-11-15-9-3-2-8(13)6-10(9)16-11/h2-3,6-7H,4-5,13H2,1H3,(H,15,16). The van der Waals surface area contributed by atoms with Crippen molar-refractivity contribution >= 4 is 28.5 Å². The Morgan fingerprint density at radius 2 is 2.32 bits per heavy atom. The summed E-state index contributed by atoms with van der Waals surface area (Å²) in [5.74, 6) is 1.87. The molecule has 2 heterocycles. The molecule has 0 spiro atoms. The minimum absolute atomic E-state index is 0.746. The van der Waals surface area contributed by atoms with Crippen LogP contribution in [0.25, 0.3) is 11.0 Å². The van der Waals surface area contributed by atoms with Crippen molar-refractivity contribution in [1.82, 2.24) is 24.7 Å². The lowest BCUT2D eigenvalue weighted by atomic mass is 10.3. The number of aromatic amines is 1. The number of aromatic nitrogens is 5. The first-order chi connectivity index (χ1) is 9.22. The zero-order valence-electron chi connectivity index (χ0n) is 10.5. The number of H-pyrrole nitrogens is 1. The lowest BCUT2D eigenvalue weighted by molar-refractivity contribution is 0.787. The fourth-order valence-corrected chi connectivity index (χ4v) is 2.67. The van der Waals surface area contributed by atoms with Gasteiger partial charge in [-0.2, -0.15) is 0 Å². The van der Waals surface area contributed by atoms with E-state index in [1.165, 1.54) is 0 Å². The maximum atomic E-state index is 5.74. The summed E-state index contributed by atoms with van der Waals surface area (Å²) in [6.07, 6.45) is 2.55. The van der Waals surface area contributed by atoms with Gasteiger partial charge in [0.2, 0.25) is 0 Å². The van der Waals surface area contributed by atoms with Crippen LogP contribution < -0.4 is 5.73 Å². The Balaban J connectivity index is 1.67. The monoisotopic (exact) mass is 274 g/mol. The van der Waals surface area contributed by atoms with Gasteiger partial charge in [0.05, 0.1) is 11.0 Å². The van der Waals surface area contributed by atoms with E-state index >= 15 is 0 Å². The minimum atomic E-state index is 0.746. The van der Waals surface area contributed by atoms with Crippen molar-refractivity contribution in [3.05, 3.63) is 30.4 Å². The van der Waals surface area contributed by atoms with Crippen molar-refractivity contribution in [3.63, 3.8) is 0 Å². The molecule has 0 atom stereocenters. The molecule has 6 nitrogen and oxygen atoms in total. The van der Waals surface area contributed by atoms with E-state index in [1.54, 1.807) is 18.1 Å². The summed E-state index contributed by atoms with van der Waals surface area (Å²) < 4.78 is 1.91. The van der Waals surface area contributed by atoms with Crippen LogP contribution in [0.4, 0.5) is 5.69 Å². The molecule has 1 aromatic carbocycles. The number of benzene rings is 1. The van der Waals surface area contributed by atoms with E-state index in [-0.39, 0.29) is 0 Å². The Hall–Kier alpha value is -2.02. The van der Waals surface area contributed by atoms with Crippen LogP contribution in [0.5, 0.6) is 0 Å². The van der Waals surface area contributed by atoms with Crippen molar-refractivity contribution in [2.24, 2.45) is 7.05 Å². The van der Waals surface area contributed by atoms with Crippen LogP contribution in [0.15, 0.2) is 29.7 Å². The highest BCUT2D eigenvalue weighted by atomic mass is 32.2. The van der Waals surface area contributed by atoms with Gasteiger partial charge >= 0.3 is 0 Å². The first kappa shape index (κ1) is 12.0. The second kappa shape index (κ2) is 4.93. The molecule has 0 aliphatic heterocycles. The van der Waals surface area contributed by atoms with Gasteiger partial charge in [-0.15, -0.1) is 10.2 Å². The maximum absolute atomic E-state index is 5.74. The largest absolute Gasteiger partial charge is 0.399 e. The third kappa shape index (κ3) is 2.55. The molecule has 0 radical (unpaired) electrons. The highest BCUT2D eigenvalue weighted by molar-refractivity contribution is 7.99. The summed E-state index contributed by atoms with van der Waals surface area (Å²) in [5, 5.41) is 8.79. The average Bonchev–Trinajstić information content (AvgIpc) is 2.95. The number of anilines is 1. The molecule has 2 aromatic heterocycles. The van der Waals surface area contributed by atoms with Gasteiger partial charge in [-0.1, -0.05) is 11.8 Å². The Kier molecular flexibility index (Phi) is 3.12. The molecule has 0 bridgehead atoms. The number of hydrogen-bond donors (Lipinski definition) is 2. The van der Waals surface area contributed by atoms with Crippen molar-refractivity contribution in [3.8, 4) is 0 Å². The van der Waals surface area contributed by atoms with Crippen LogP contribution in [0, 0.1) is 0 Å². The van der Waals surface area contributed by atoms with Gasteiger partial charge < -0.3 is 15.3 Å². The van der Waals surface area contributed by atoms with Gasteiger partial charge in [0, 0.05) is 24.9 Å². The fourth-order valence-electron chi connectivity index (χ4n) is 1.84. The molecule has 0 saturated heterocycles. The molecule has 19 heavy (non-hydrogen) atoms. The van der Waals surface area contributed by atoms with E-state index in [2.05, 4.69) is 20.2 Å². The maximum Gasteiger partial charge on any atom is 0.190 e. The van der Waals surface area contributed by atoms with Crippen molar-refractivity contribution in [2.75, 3.05) is 11.5 Å². The number of fused-ring (bicyclic) bond motifs is 1. The molecule has 3 N–H and O–H groups in total. The lowest BCUT2D eigenvalue weighted by Gasteiger charge is -1.98. The van der Waals surface area contributed by atoms with E-state index in [0.29, 0.717) is 0 Å². The number of nitrogens with one attached hydrogen (secondary N) is 1. The zero-order valence-corrected chi connectivity index (χ0v) is 11.3. The fraction of sp³-hybridized carbons (Fsp3) is 0.250. The summed E-state index contributed by atoms with van der Waals surface area (Å²) in [5.41, 5.74) is 8.43. The van der Waals surface area contributed by atoms with Crippen molar-refractivity contribution in [1.29, 1.82) is 0 Å². The van der Waals surface area contributed by atoms with Gasteiger partial charge in [-0.3, -0.25) is 0 Å². The number of imidazole rings is 1. The molecule has 0 aliphatic rings. The van der Waals surface area contributed by atoms with E-state index in [1.807, 2.05) is 29.8 Å². The topological polar surface area (TPSA) is 85.4 Å². The Morgan fingerprint density at radius 1 is 1.42 bits per heavy atom. The van der Waals surface area contributed by atoms with Gasteiger partial charge in [0.1, 0.15) is 12.2 Å². The molecular weight excluding hydrogens is 260 g/mol. The summed E-state index contributed by atoms with van der Waals surface area (Å²) in [4.78, 5) is 7.81. The van der Waals surface area contributed by atoms with Crippen LogP contribution in [-0.4, -0.2) is 30.5 Å². The number of rotatable bonds is 4. The number of hydrogen-bond acceptors (Lipinski definition) is 5. The summed E-state index contributed by atoms with van der Waals surface area (Å²) in [6.45, 7) is 0. The highest BCUT2D eigenvalue weighted by Crippen LogP contribution is 2.18. The molecule has 3 rings (SSSR count). The molecule has 3 aromatic rings. The second-order valence-electron chi connectivity index (χ2n) is 4.28. The predicted octanol–water partition coefficient (Wildman–Crippen LogP) is 1.61. The first-order valence-electron chi connectivity index (χ1n) is 5.93. The van der Waals surface area contributed by atoms with E-state index in [9.17, 15) is 0 Å². The number of nitrogens with zero attached hydrogens (tertiary/aromatic N) is 4. The lowest BCUT2D eigenvalue weighted by Crippen LogP contribution is -1.94. The molecule has 0 amide bonds. The average molecular weight is 274 g/mol. The quantitative estimate of drug-likeness (QED) is 0.557. The molecule has 0 unspecified atom stereocenters. The number of nitrogens with two attached hydrogens (primary N) is 1. The molecule has 0 fully saturated rings. The van der Waals surface area contributed by atoms with Crippen LogP contribution in [0.3, 0.4) is 0 Å². The van der Waals surface area contributed by atoms with Gasteiger partial charge in [0.25, 0.3) is 0 Å². The first-order valence-corrected chi connectivity index (χ1v) is 6.92. The van der Waals surface area contributed by atoms with Gasteiger partial charge in [-0.25, -0.2) is 4.98 Å². The smallest absolute Gasteiger partial charge is 0.190 e. The van der Waals surface area contributed by atoms with Crippen LogP contribution in [-0.2, 0) is 13.5 Å². The van der Waals surface area contributed by atoms with Crippen LogP contribution in [0.1, 0.15) is 5.82 Å². The van der Waals surface area contributed by atoms with E-state index in [0.717, 1.165) is 39.9 Å². The summed E-state index contributed by atoms with van der Waals surface area (Å²) >= 11 is 1.67. The zero-order chi connectivity index (χ0) is 13.2. The van der Waals surface area contributed by atoms with Crippen molar-refractivity contribution in [2.45, 2.75) is 11.6 Å². The third-order valence-electron chi connectivity index (χ3n) is 2.79. The Bertz CT molecular complexity index is 701.